The van der Waals surface area contributed by atoms with Gasteiger partial charge in [-0.1, -0.05) is 18.2 Å². The molecular formula is C14H17NO5S. The van der Waals surface area contributed by atoms with E-state index in [2.05, 4.69) is 4.72 Å². The lowest BCUT2D eigenvalue weighted by Gasteiger charge is -2.15. The van der Waals surface area contributed by atoms with Crippen LogP contribution in [-0.2, 0) is 14.8 Å². The average molecular weight is 311 g/mol. The average Bonchev–Trinajstić information content (AvgIpc) is 2.86. The Labute approximate surface area is 123 Å². The maximum absolute atomic E-state index is 12.4. The second kappa shape index (κ2) is 5.87. The van der Waals surface area contributed by atoms with Crippen molar-refractivity contribution in [1.29, 1.82) is 0 Å². The van der Waals surface area contributed by atoms with Crippen LogP contribution in [0.3, 0.4) is 0 Å². The number of carboxylic acids is 1. The molecule has 0 spiro atoms. The number of ether oxygens (including phenoxy) is 1. The van der Waals surface area contributed by atoms with Crippen molar-refractivity contribution >= 4 is 16.0 Å². The first-order valence-electron chi connectivity index (χ1n) is 6.41. The van der Waals surface area contributed by atoms with E-state index in [0.717, 1.165) is 5.56 Å². The number of aryl methyl sites for hydroxylation is 1. The number of methoxy groups -OCH3 is 1. The molecule has 0 saturated carbocycles. The second-order valence-electron chi connectivity index (χ2n) is 4.95. The first kappa shape index (κ1) is 15.5. The molecule has 0 aromatic heterocycles. The van der Waals surface area contributed by atoms with Crippen molar-refractivity contribution in [3.63, 3.8) is 0 Å². The van der Waals surface area contributed by atoms with Gasteiger partial charge in [-0.3, -0.25) is 4.79 Å². The summed E-state index contributed by atoms with van der Waals surface area (Å²) in [5.41, 5.74) is 0.793. The van der Waals surface area contributed by atoms with Crippen LogP contribution >= 0.6 is 0 Å². The molecule has 0 amide bonds. The fourth-order valence-electron chi connectivity index (χ4n) is 2.23. The number of carboxylic acid groups (broad SMARTS) is 1. The Kier molecular flexibility index (Phi) is 4.34. The van der Waals surface area contributed by atoms with Crippen LogP contribution in [-0.4, -0.2) is 32.6 Å². The Morgan fingerprint density at radius 3 is 2.67 bits per heavy atom. The van der Waals surface area contributed by atoms with Gasteiger partial charge in [-0.25, -0.2) is 13.1 Å². The van der Waals surface area contributed by atoms with E-state index in [1.54, 1.807) is 25.1 Å². The maximum atomic E-state index is 12.4. The van der Waals surface area contributed by atoms with Crippen molar-refractivity contribution in [3.8, 4) is 5.75 Å². The molecule has 1 aromatic carbocycles. The summed E-state index contributed by atoms with van der Waals surface area (Å²) < 4.78 is 32.4. The summed E-state index contributed by atoms with van der Waals surface area (Å²) in [7, 11) is -2.37. The molecule has 1 aliphatic rings. The lowest BCUT2D eigenvalue weighted by Crippen LogP contribution is -2.33. The third-order valence-electron chi connectivity index (χ3n) is 3.32. The Morgan fingerprint density at radius 2 is 2.10 bits per heavy atom. The topological polar surface area (TPSA) is 92.7 Å². The molecule has 0 radical (unpaired) electrons. The standard InChI is InChI=1S/C14H17NO5S/c1-9-3-6-12(20-2)13(7-9)21(18,19)15-11-5-4-10(8-11)14(16)17/h3-7,10-11,15H,8H2,1-2H3,(H,16,17). The quantitative estimate of drug-likeness (QED) is 0.800. The van der Waals surface area contributed by atoms with Gasteiger partial charge in [0.15, 0.2) is 0 Å². The highest BCUT2D eigenvalue weighted by molar-refractivity contribution is 7.89. The van der Waals surface area contributed by atoms with Crippen molar-refractivity contribution in [1.82, 2.24) is 4.72 Å². The summed E-state index contributed by atoms with van der Waals surface area (Å²) in [6.45, 7) is 1.79. The van der Waals surface area contributed by atoms with Crippen molar-refractivity contribution in [3.05, 3.63) is 35.9 Å². The number of benzene rings is 1. The van der Waals surface area contributed by atoms with Gasteiger partial charge in [0, 0.05) is 6.04 Å². The largest absolute Gasteiger partial charge is 0.495 e. The molecule has 6 nitrogen and oxygen atoms in total. The highest BCUT2D eigenvalue weighted by Gasteiger charge is 2.29. The van der Waals surface area contributed by atoms with E-state index >= 15 is 0 Å². The van der Waals surface area contributed by atoms with E-state index in [0.29, 0.717) is 0 Å². The van der Waals surface area contributed by atoms with Gasteiger partial charge in [0.05, 0.1) is 13.0 Å². The minimum absolute atomic E-state index is 0.0529. The first-order chi connectivity index (χ1) is 9.83. The van der Waals surface area contributed by atoms with E-state index in [1.165, 1.54) is 19.3 Å². The molecule has 1 aliphatic carbocycles. The SMILES string of the molecule is COc1ccc(C)cc1S(=O)(=O)NC1C=CC(C(=O)O)C1. The van der Waals surface area contributed by atoms with Crippen molar-refractivity contribution in [2.75, 3.05) is 7.11 Å². The van der Waals surface area contributed by atoms with Gasteiger partial charge in [-0.2, -0.15) is 0 Å². The third kappa shape index (κ3) is 3.43. The summed E-state index contributed by atoms with van der Waals surface area (Å²) in [5.74, 6) is -1.36. The first-order valence-corrected chi connectivity index (χ1v) is 7.90. The number of nitrogens with one attached hydrogen (secondary N) is 1. The van der Waals surface area contributed by atoms with Gasteiger partial charge in [0.25, 0.3) is 0 Å². The van der Waals surface area contributed by atoms with E-state index in [1.807, 2.05) is 0 Å². The van der Waals surface area contributed by atoms with Crippen LogP contribution < -0.4 is 9.46 Å². The zero-order valence-electron chi connectivity index (χ0n) is 11.7. The smallest absolute Gasteiger partial charge is 0.310 e. The number of sulfonamides is 1. The fraction of sp³-hybridized carbons (Fsp3) is 0.357. The van der Waals surface area contributed by atoms with Gasteiger partial charge in [0.1, 0.15) is 10.6 Å². The van der Waals surface area contributed by atoms with Gasteiger partial charge in [-0.05, 0) is 31.0 Å². The Hall–Kier alpha value is -1.86. The molecule has 0 heterocycles. The Balaban J connectivity index is 2.22. The zero-order valence-corrected chi connectivity index (χ0v) is 12.6. The molecule has 0 fully saturated rings. The monoisotopic (exact) mass is 311 g/mol. The van der Waals surface area contributed by atoms with Crippen LogP contribution in [0.2, 0.25) is 0 Å². The minimum atomic E-state index is -3.78. The predicted octanol–water partition coefficient (Wildman–Crippen LogP) is 1.31. The van der Waals surface area contributed by atoms with E-state index < -0.39 is 28.0 Å². The van der Waals surface area contributed by atoms with Crippen LogP contribution in [0.25, 0.3) is 0 Å². The molecule has 2 unspecified atom stereocenters. The Bertz CT molecular complexity index is 681. The fourth-order valence-corrected chi connectivity index (χ4v) is 3.68. The summed E-state index contributed by atoms with van der Waals surface area (Å²) in [4.78, 5) is 10.9. The third-order valence-corrected chi connectivity index (χ3v) is 4.83. The predicted molar refractivity (Wildman–Crippen MR) is 76.7 cm³/mol. The molecular weight excluding hydrogens is 294 g/mol. The van der Waals surface area contributed by atoms with Gasteiger partial charge in [-0.15, -0.1) is 0 Å². The number of hydrogen-bond acceptors (Lipinski definition) is 4. The molecule has 21 heavy (non-hydrogen) atoms. The van der Waals surface area contributed by atoms with Crippen molar-refractivity contribution in [2.45, 2.75) is 24.3 Å². The summed E-state index contributed by atoms with van der Waals surface area (Å²) in [5, 5.41) is 8.92. The molecule has 7 heteroatoms. The highest BCUT2D eigenvalue weighted by Crippen LogP contribution is 2.26. The number of aliphatic carboxylic acids is 1. The second-order valence-corrected chi connectivity index (χ2v) is 6.63. The van der Waals surface area contributed by atoms with Crippen LogP contribution in [0.1, 0.15) is 12.0 Å². The molecule has 1 aromatic rings. The van der Waals surface area contributed by atoms with Crippen LogP contribution in [0.5, 0.6) is 5.75 Å². The minimum Gasteiger partial charge on any atom is -0.495 e. The van der Waals surface area contributed by atoms with Gasteiger partial charge < -0.3 is 9.84 Å². The number of carbonyl (C=O) groups is 1. The van der Waals surface area contributed by atoms with E-state index in [4.69, 9.17) is 9.84 Å². The molecule has 2 atom stereocenters. The molecule has 2 N–H and O–H groups in total. The maximum Gasteiger partial charge on any atom is 0.310 e. The molecule has 2 rings (SSSR count). The molecule has 0 aliphatic heterocycles. The van der Waals surface area contributed by atoms with Crippen LogP contribution in [0, 0.1) is 12.8 Å². The molecule has 0 bridgehead atoms. The van der Waals surface area contributed by atoms with Crippen LogP contribution in [0.15, 0.2) is 35.2 Å². The summed E-state index contributed by atoms with van der Waals surface area (Å²) in [6, 6.07) is 4.35. The summed E-state index contributed by atoms with van der Waals surface area (Å²) >= 11 is 0. The van der Waals surface area contributed by atoms with Gasteiger partial charge in [0.2, 0.25) is 10.0 Å². The summed E-state index contributed by atoms with van der Waals surface area (Å²) in [6.07, 6.45) is 3.28. The number of hydrogen-bond donors (Lipinski definition) is 2. The van der Waals surface area contributed by atoms with E-state index in [-0.39, 0.29) is 17.1 Å². The van der Waals surface area contributed by atoms with E-state index in [9.17, 15) is 13.2 Å². The normalized spacial score (nSPS) is 21.4. The number of rotatable bonds is 5. The highest BCUT2D eigenvalue weighted by atomic mass is 32.2. The zero-order chi connectivity index (χ0) is 15.6. The van der Waals surface area contributed by atoms with Crippen LogP contribution in [0.4, 0.5) is 0 Å². The molecule has 114 valence electrons. The molecule has 0 saturated heterocycles. The lowest BCUT2D eigenvalue weighted by atomic mass is 10.1. The van der Waals surface area contributed by atoms with Crippen molar-refractivity contribution < 1.29 is 23.1 Å². The Morgan fingerprint density at radius 1 is 1.38 bits per heavy atom. The van der Waals surface area contributed by atoms with Crippen molar-refractivity contribution in [2.24, 2.45) is 5.92 Å². The lowest BCUT2D eigenvalue weighted by molar-refractivity contribution is -0.140. The van der Waals surface area contributed by atoms with Gasteiger partial charge >= 0.3 is 5.97 Å².